The van der Waals surface area contributed by atoms with Crippen LogP contribution in [-0.4, -0.2) is 78.2 Å². The summed E-state index contributed by atoms with van der Waals surface area (Å²) < 4.78 is 15.1. The number of rotatable bonds is 7. The lowest BCUT2D eigenvalue weighted by Gasteiger charge is -2.27. The van der Waals surface area contributed by atoms with E-state index in [-0.39, 0.29) is 4.05 Å². The number of nitrogens with one attached hydrogen (secondary N) is 1. The molecule has 1 aliphatic rings. The molecule has 1 saturated heterocycles. The standard InChI is InChI=1S/C21H26IN9O2/c1-13(22)23-19-21-28-27-14(2)31(21)12-15(24-19)20-26-18-16(30(20)8-9-32-3)4-5-17(25-18)29-6-10-33-11-7-29/h4-5,12-13H,6-11H2,1-3H3,(H,23,24). The van der Waals surface area contributed by atoms with Gasteiger partial charge in [-0.1, -0.05) is 22.6 Å². The van der Waals surface area contributed by atoms with E-state index < -0.39 is 0 Å². The van der Waals surface area contributed by atoms with Crippen molar-refractivity contribution in [1.29, 1.82) is 0 Å². The molecular weight excluding hydrogens is 537 g/mol. The van der Waals surface area contributed by atoms with Gasteiger partial charge in [-0.2, -0.15) is 0 Å². The fourth-order valence-electron chi connectivity index (χ4n) is 3.97. The van der Waals surface area contributed by atoms with Gasteiger partial charge in [0.05, 0.1) is 29.4 Å². The van der Waals surface area contributed by atoms with Crippen molar-refractivity contribution in [2.75, 3.05) is 50.2 Å². The molecule has 11 nitrogen and oxygen atoms in total. The van der Waals surface area contributed by atoms with Gasteiger partial charge in [-0.15, -0.1) is 10.2 Å². The summed E-state index contributed by atoms with van der Waals surface area (Å²) in [7, 11) is 1.70. The molecule has 174 valence electrons. The molecule has 5 heterocycles. The molecule has 12 heteroatoms. The zero-order chi connectivity index (χ0) is 22.9. The van der Waals surface area contributed by atoms with Crippen LogP contribution in [0.5, 0.6) is 0 Å². The first-order chi connectivity index (χ1) is 16.0. The predicted molar refractivity (Wildman–Crippen MR) is 134 cm³/mol. The summed E-state index contributed by atoms with van der Waals surface area (Å²) in [4.78, 5) is 16.9. The topological polar surface area (TPSA) is 108 Å². The SMILES string of the molecule is COCCn1c(-c2cn3c(C)nnc3c(NC(C)I)n2)nc2nc(N3CCOCC3)ccc21. The highest BCUT2D eigenvalue weighted by Crippen LogP contribution is 2.28. The molecule has 1 atom stereocenters. The molecule has 0 bridgehead atoms. The third-order valence-corrected chi connectivity index (χ3v) is 5.89. The Balaban J connectivity index is 1.65. The van der Waals surface area contributed by atoms with Gasteiger partial charge in [0.15, 0.2) is 17.3 Å². The van der Waals surface area contributed by atoms with Crippen LogP contribution in [0.25, 0.3) is 28.3 Å². The van der Waals surface area contributed by atoms with Crippen molar-refractivity contribution >= 4 is 51.0 Å². The quantitative estimate of drug-likeness (QED) is 0.206. The zero-order valence-corrected chi connectivity index (χ0v) is 21.0. The van der Waals surface area contributed by atoms with E-state index in [0.29, 0.717) is 49.2 Å². The smallest absolute Gasteiger partial charge is 0.203 e. The molecule has 0 amide bonds. The Hall–Kier alpha value is -2.58. The molecule has 0 radical (unpaired) electrons. The van der Waals surface area contributed by atoms with Gasteiger partial charge in [-0.05, 0) is 26.0 Å². The van der Waals surface area contributed by atoms with E-state index in [2.05, 4.69) is 60.6 Å². The van der Waals surface area contributed by atoms with E-state index in [4.69, 9.17) is 24.4 Å². The largest absolute Gasteiger partial charge is 0.383 e. The van der Waals surface area contributed by atoms with E-state index in [1.54, 1.807) is 7.11 Å². The normalized spacial score (nSPS) is 15.5. The maximum Gasteiger partial charge on any atom is 0.203 e. The summed E-state index contributed by atoms with van der Waals surface area (Å²) in [5.74, 6) is 3.09. The number of nitrogens with zero attached hydrogens (tertiary/aromatic N) is 8. The second-order valence-corrected chi connectivity index (χ2v) is 9.74. The van der Waals surface area contributed by atoms with Crippen molar-refractivity contribution < 1.29 is 9.47 Å². The van der Waals surface area contributed by atoms with Crippen molar-refractivity contribution in [2.45, 2.75) is 24.4 Å². The predicted octanol–water partition coefficient (Wildman–Crippen LogP) is 2.52. The molecule has 0 aromatic carbocycles. The number of methoxy groups -OCH3 is 1. The summed E-state index contributed by atoms with van der Waals surface area (Å²) in [6.45, 7) is 8.22. The molecule has 0 aliphatic carbocycles. The molecule has 1 N–H and O–H groups in total. The number of morpholine rings is 1. The Morgan fingerprint density at radius 2 is 2.00 bits per heavy atom. The third-order valence-electron chi connectivity index (χ3n) is 5.58. The average molecular weight is 563 g/mol. The summed E-state index contributed by atoms with van der Waals surface area (Å²) in [6, 6.07) is 4.13. The number of aryl methyl sites for hydroxylation is 1. The van der Waals surface area contributed by atoms with Crippen LogP contribution >= 0.6 is 22.6 Å². The lowest BCUT2D eigenvalue weighted by Crippen LogP contribution is -2.36. The van der Waals surface area contributed by atoms with Gasteiger partial charge in [0.1, 0.15) is 17.3 Å². The number of aromatic nitrogens is 7. The van der Waals surface area contributed by atoms with Gasteiger partial charge in [-0.25, -0.2) is 15.0 Å². The molecule has 4 aromatic heterocycles. The van der Waals surface area contributed by atoms with Gasteiger partial charge in [0.25, 0.3) is 0 Å². The fourth-order valence-corrected chi connectivity index (χ4v) is 4.27. The first-order valence-corrected chi connectivity index (χ1v) is 12.1. The van der Waals surface area contributed by atoms with Gasteiger partial charge in [0.2, 0.25) is 5.65 Å². The minimum absolute atomic E-state index is 0.163. The average Bonchev–Trinajstić information content (AvgIpc) is 3.38. The Bertz CT molecular complexity index is 1280. The minimum atomic E-state index is 0.163. The third kappa shape index (κ3) is 4.34. The minimum Gasteiger partial charge on any atom is -0.383 e. The number of fused-ring (bicyclic) bond motifs is 2. The molecule has 33 heavy (non-hydrogen) atoms. The highest BCUT2D eigenvalue weighted by atomic mass is 127. The molecule has 1 unspecified atom stereocenters. The lowest BCUT2D eigenvalue weighted by atomic mass is 10.3. The van der Waals surface area contributed by atoms with E-state index in [1.807, 2.05) is 23.6 Å². The number of anilines is 2. The Kier molecular flexibility index (Phi) is 6.29. The first-order valence-electron chi connectivity index (χ1n) is 10.9. The molecule has 4 aromatic rings. The van der Waals surface area contributed by atoms with Crippen LogP contribution in [0.2, 0.25) is 0 Å². The van der Waals surface area contributed by atoms with Crippen LogP contribution in [0.15, 0.2) is 18.3 Å². The number of imidazole rings is 1. The number of hydrogen-bond acceptors (Lipinski definition) is 9. The van der Waals surface area contributed by atoms with Crippen LogP contribution in [0, 0.1) is 6.92 Å². The van der Waals surface area contributed by atoms with E-state index in [1.165, 1.54) is 0 Å². The highest BCUT2D eigenvalue weighted by Gasteiger charge is 2.21. The van der Waals surface area contributed by atoms with E-state index in [9.17, 15) is 0 Å². The van der Waals surface area contributed by atoms with Crippen molar-refractivity contribution in [3.8, 4) is 11.5 Å². The van der Waals surface area contributed by atoms with Crippen LogP contribution in [0.4, 0.5) is 11.6 Å². The van der Waals surface area contributed by atoms with Crippen molar-refractivity contribution in [1.82, 2.24) is 34.1 Å². The van der Waals surface area contributed by atoms with Gasteiger partial charge >= 0.3 is 0 Å². The highest BCUT2D eigenvalue weighted by molar-refractivity contribution is 14.1. The molecule has 5 rings (SSSR count). The van der Waals surface area contributed by atoms with Crippen molar-refractivity contribution in [3.63, 3.8) is 0 Å². The van der Waals surface area contributed by atoms with Crippen LogP contribution in [-0.2, 0) is 16.0 Å². The molecule has 1 aliphatic heterocycles. The second-order valence-electron chi connectivity index (χ2n) is 7.87. The summed E-state index contributed by atoms with van der Waals surface area (Å²) >= 11 is 2.30. The Morgan fingerprint density at radius 1 is 1.18 bits per heavy atom. The summed E-state index contributed by atoms with van der Waals surface area (Å²) in [5, 5.41) is 11.9. The van der Waals surface area contributed by atoms with E-state index >= 15 is 0 Å². The zero-order valence-electron chi connectivity index (χ0n) is 18.8. The fraction of sp³-hybridized carbons (Fsp3) is 0.476. The molecular formula is C21H26IN9O2. The van der Waals surface area contributed by atoms with Crippen LogP contribution < -0.4 is 10.2 Å². The van der Waals surface area contributed by atoms with E-state index in [0.717, 1.165) is 36.1 Å². The number of hydrogen-bond donors (Lipinski definition) is 1. The summed E-state index contributed by atoms with van der Waals surface area (Å²) in [5.41, 5.74) is 3.03. The molecule has 0 saturated carbocycles. The lowest BCUT2D eigenvalue weighted by molar-refractivity contribution is 0.122. The maximum atomic E-state index is 5.48. The van der Waals surface area contributed by atoms with Gasteiger partial charge in [-0.3, -0.25) is 4.40 Å². The maximum absolute atomic E-state index is 5.48. The Labute approximate surface area is 204 Å². The second kappa shape index (κ2) is 9.35. The van der Waals surface area contributed by atoms with Gasteiger partial charge < -0.3 is 24.3 Å². The molecule has 1 fully saturated rings. The monoisotopic (exact) mass is 563 g/mol. The number of halogens is 1. The molecule has 0 spiro atoms. The van der Waals surface area contributed by atoms with Crippen LogP contribution in [0.3, 0.4) is 0 Å². The number of ether oxygens (including phenoxy) is 2. The van der Waals surface area contributed by atoms with Crippen LogP contribution in [0.1, 0.15) is 12.7 Å². The number of alkyl halides is 1. The Morgan fingerprint density at radius 3 is 2.76 bits per heavy atom. The number of pyridine rings is 1. The first kappa shape index (κ1) is 22.2. The van der Waals surface area contributed by atoms with Gasteiger partial charge in [0, 0.05) is 32.9 Å². The van der Waals surface area contributed by atoms with Crippen molar-refractivity contribution in [3.05, 3.63) is 24.2 Å². The van der Waals surface area contributed by atoms with Crippen molar-refractivity contribution in [2.24, 2.45) is 0 Å². The summed E-state index contributed by atoms with van der Waals surface area (Å²) in [6.07, 6.45) is 1.93.